The predicted molar refractivity (Wildman–Crippen MR) is 82.1 cm³/mol. The first-order chi connectivity index (χ1) is 9.61. The summed E-state index contributed by atoms with van der Waals surface area (Å²) in [5, 5.41) is 7.16. The zero-order chi connectivity index (χ0) is 14.5. The van der Waals surface area contributed by atoms with Crippen molar-refractivity contribution in [3.05, 3.63) is 34.3 Å². The van der Waals surface area contributed by atoms with Gasteiger partial charge in [-0.05, 0) is 18.2 Å². The predicted octanol–water partition coefficient (Wildman–Crippen LogP) is 2.70. The summed E-state index contributed by atoms with van der Waals surface area (Å²) in [6, 6.07) is 7.17. The van der Waals surface area contributed by atoms with Crippen LogP contribution in [0.5, 0.6) is 0 Å². The van der Waals surface area contributed by atoms with Crippen LogP contribution in [0.1, 0.15) is 0 Å². The summed E-state index contributed by atoms with van der Waals surface area (Å²) in [5.41, 5.74) is 0.591. The number of amides is 1. The Morgan fingerprint density at radius 2 is 2.05 bits per heavy atom. The van der Waals surface area contributed by atoms with Crippen molar-refractivity contribution in [2.75, 3.05) is 18.4 Å². The molecule has 1 aromatic carbocycles. The molecule has 1 heterocycles. The first kappa shape index (κ1) is 14.4. The highest BCUT2D eigenvalue weighted by atomic mass is 35.5. The third-order valence-corrected chi connectivity index (χ3v) is 3.37. The number of benzene rings is 1. The monoisotopic (exact) mass is 307 g/mol. The van der Waals surface area contributed by atoms with Crippen molar-refractivity contribution in [2.45, 2.75) is 0 Å². The van der Waals surface area contributed by atoms with Crippen LogP contribution in [0.4, 0.5) is 5.82 Å². The van der Waals surface area contributed by atoms with E-state index in [2.05, 4.69) is 21.5 Å². The second-order valence-electron chi connectivity index (χ2n) is 3.96. The zero-order valence-corrected chi connectivity index (χ0v) is 11.9. The third kappa shape index (κ3) is 3.32. The minimum atomic E-state index is -0.206. The summed E-state index contributed by atoms with van der Waals surface area (Å²) in [4.78, 5) is 15.8. The lowest BCUT2D eigenvalue weighted by atomic mass is 10.2. The van der Waals surface area contributed by atoms with E-state index in [0.717, 1.165) is 5.39 Å². The first-order valence-electron chi connectivity index (χ1n) is 5.80. The summed E-state index contributed by atoms with van der Waals surface area (Å²) in [7, 11) is 0. The van der Waals surface area contributed by atoms with Crippen molar-refractivity contribution >= 4 is 45.8 Å². The fourth-order valence-corrected chi connectivity index (χ4v) is 1.98. The highest BCUT2D eigenvalue weighted by Gasteiger charge is 2.07. The number of hydrogen-bond acceptors (Lipinski definition) is 3. The van der Waals surface area contributed by atoms with E-state index < -0.39 is 0 Å². The maximum atomic E-state index is 11.4. The summed E-state index contributed by atoms with van der Waals surface area (Å²) in [5.74, 6) is 2.66. The molecule has 0 aliphatic carbocycles. The van der Waals surface area contributed by atoms with Crippen LogP contribution in [0.3, 0.4) is 0 Å². The normalized spacial score (nSPS) is 10.1. The quantitative estimate of drug-likeness (QED) is 0.854. The van der Waals surface area contributed by atoms with Crippen LogP contribution in [0.25, 0.3) is 10.9 Å². The smallest absolute Gasteiger partial charge is 0.240 e. The SMILES string of the molecule is C#CCNC(=O)CNc1ccc2ccc(Cl)c(Cl)c2n1. The highest BCUT2D eigenvalue weighted by Crippen LogP contribution is 2.30. The number of pyridine rings is 1. The van der Waals surface area contributed by atoms with Crippen LogP contribution >= 0.6 is 23.2 Å². The average molecular weight is 308 g/mol. The Morgan fingerprint density at radius 3 is 2.80 bits per heavy atom. The van der Waals surface area contributed by atoms with Gasteiger partial charge in [0.2, 0.25) is 5.91 Å². The van der Waals surface area contributed by atoms with Crippen LogP contribution in [-0.2, 0) is 4.79 Å². The lowest BCUT2D eigenvalue weighted by Gasteiger charge is -2.08. The Balaban J connectivity index is 2.14. The Kier molecular flexibility index (Phi) is 4.67. The molecule has 0 saturated heterocycles. The number of fused-ring (bicyclic) bond motifs is 1. The molecule has 0 bridgehead atoms. The lowest BCUT2D eigenvalue weighted by Crippen LogP contribution is -2.30. The number of aromatic nitrogens is 1. The van der Waals surface area contributed by atoms with Crippen molar-refractivity contribution < 1.29 is 4.79 Å². The van der Waals surface area contributed by atoms with Gasteiger partial charge in [0.1, 0.15) is 5.82 Å². The van der Waals surface area contributed by atoms with Gasteiger partial charge in [-0.25, -0.2) is 4.98 Å². The van der Waals surface area contributed by atoms with Gasteiger partial charge >= 0.3 is 0 Å². The number of nitrogens with zero attached hydrogens (tertiary/aromatic N) is 1. The number of nitrogens with one attached hydrogen (secondary N) is 2. The molecule has 0 spiro atoms. The van der Waals surface area contributed by atoms with Crippen LogP contribution in [-0.4, -0.2) is 24.0 Å². The van der Waals surface area contributed by atoms with E-state index in [9.17, 15) is 4.79 Å². The van der Waals surface area contributed by atoms with E-state index in [-0.39, 0.29) is 19.0 Å². The summed E-state index contributed by atoms with van der Waals surface area (Å²) < 4.78 is 0. The summed E-state index contributed by atoms with van der Waals surface area (Å²) >= 11 is 12.1. The van der Waals surface area contributed by atoms with Gasteiger partial charge in [-0.1, -0.05) is 35.2 Å². The summed E-state index contributed by atoms with van der Waals surface area (Å²) in [6.45, 7) is 0.283. The molecule has 102 valence electrons. The molecule has 1 amide bonds. The Morgan fingerprint density at radius 1 is 1.30 bits per heavy atom. The second kappa shape index (κ2) is 6.47. The number of anilines is 1. The standard InChI is InChI=1S/C14H11Cl2N3O/c1-2-7-17-12(20)8-18-11-6-4-9-3-5-10(15)13(16)14(9)19-11/h1,3-6H,7-8H2,(H,17,20)(H,18,19). The molecule has 0 fully saturated rings. The molecular formula is C14H11Cl2N3O. The van der Waals surface area contributed by atoms with Crippen molar-refractivity contribution in [3.8, 4) is 12.3 Å². The third-order valence-electron chi connectivity index (χ3n) is 2.57. The van der Waals surface area contributed by atoms with Crippen molar-refractivity contribution in [1.29, 1.82) is 0 Å². The van der Waals surface area contributed by atoms with Crippen LogP contribution in [0.15, 0.2) is 24.3 Å². The molecule has 0 atom stereocenters. The van der Waals surface area contributed by atoms with Gasteiger partial charge in [0.15, 0.2) is 0 Å². The van der Waals surface area contributed by atoms with Crippen molar-refractivity contribution in [2.24, 2.45) is 0 Å². The molecule has 0 aliphatic rings. The van der Waals surface area contributed by atoms with Crippen LogP contribution < -0.4 is 10.6 Å². The largest absolute Gasteiger partial charge is 0.361 e. The number of terminal acetylenes is 1. The molecule has 6 heteroatoms. The second-order valence-corrected chi connectivity index (χ2v) is 4.75. The molecule has 20 heavy (non-hydrogen) atoms. The number of hydrogen-bond donors (Lipinski definition) is 2. The van der Waals surface area contributed by atoms with Crippen LogP contribution in [0.2, 0.25) is 10.0 Å². The van der Waals surface area contributed by atoms with Gasteiger partial charge in [0, 0.05) is 5.39 Å². The minimum absolute atomic E-state index is 0.0817. The zero-order valence-electron chi connectivity index (χ0n) is 10.4. The fraction of sp³-hybridized carbons (Fsp3) is 0.143. The summed E-state index contributed by atoms with van der Waals surface area (Å²) in [6.07, 6.45) is 5.05. The van der Waals surface area contributed by atoms with Gasteiger partial charge in [0.05, 0.1) is 28.7 Å². The average Bonchev–Trinajstić information content (AvgIpc) is 2.47. The topological polar surface area (TPSA) is 54.0 Å². The Bertz CT molecular complexity index is 695. The van der Waals surface area contributed by atoms with Crippen LogP contribution in [0, 0.1) is 12.3 Å². The molecule has 2 aromatic rings. The van der Waals surface area contributed by atoms with E-state index >= 15 is 0 Å². The van der Waals surface area contributed by atoms with E-state index in [1.807, 2.05) is 12.1 Å². The fourth-order valence-electron chi connectivity index (χ4n) is 1.61. The number of carbonyl (C=O) groups is 1. The molecule has 4 nitrogen and oxygen atoms in total. The molecule has 0 radical (unpaired) electrons. The lowest BCUT2D eigenvalue weighted by molar-refractivity contribution is -0.119. The van der Waals surface area contributed by atoms with Gasteiger partial charge in [0.25, 0.3) is 0 Å². The molecule has 0 saturated carbocycles. The van der Waals surface area contributed by atoms with E-state index in [4.69, 9.17) is 29.6 Å². The Labute approximate surface area is 126 Å². The highest BCUT2D eigenvalue weighted by molar-refractivity contribution is 6.45. The maximum absolute atomic E-state index is 11.4. The molecule has 1 aromatic heterocycles. The number of rotatable bonds is 4. The van der Waals surface area contributed by atoms with Gasteiger partial charge in [-0.15, -0.1) is 6.42 Å². The van der Waals surface area contributed by atoms with E-state index in [1.54, 1.807) is 12.1 Å². The Hall–Kier alpha value is -1.96. The molecule has 2 rings (SSSR count). The maximum Gasteiger partial charge on any atom is 0.240 e. The molecule has 2 N–H and O–H groups in total. The minimum Gasteiger partial charge on any atom is -0.361 e. The first-order valence-corrected chi connectivity index (χ1v) is 6.56. The molecule has 0 aliphatic heterocycles. The number of carbonyl (C=O) groups excluding carboxylic acids is 1. The number of halogens is 2. The van der Waals surface area contributed by atoms with Gasteiger partial charge in [-0.3, -0.25) is 4.79 Å². The van der Waals surface area contributed by atoms with Gasteiger partial charge < -0.3 is 10.6 Å². The van der Waals surface area contributed by atoms with Gasteiger partial charge in [-0.2, -0.15) is 0 Å². The molecular weight excluding hydrogens is 297 g/mol. The van der Waals surface area contributed by atoms with Crippen molar-refractivity contribution in [3.63, 3.8) is 0 Å². The molecule has 0 unspecified atom stereocenters. The van der Waals surface area contributed by atoms with Crippen molar-refractivity contribution in [1.82, 2.24) is 10.3 Å². The van der Waals surface area contributed by atoms with E-state index in [1.165, 1.54) is 0 Å². The van der Waals surface area contributed by atoms with E-state index in [0.29, 0.717) is 21.4 Å².